The van der Waals surface area contributed by atoms with Crippen LogP contribution in [0.4, 0.5) is 15.9 Å². The second-order valence-electron chi connectivity index (χ2n) is 7.35. The van der Waals surface area contributed by atoms with Crippen molar-refractivity contribution < 1.29 is 18.7 Å². The van der Waals surface area contributed by atoms with Crippen LogP contribution < -0.4 is 20.1 Å². The Kier molecular flexibility index (Phi) is 5.55. The Hall–Kier alpha value is -4.46. The zero-order chi connectivity index (χ0) is 22.6. The number of hydrogen-bond acceptors (Lipinski definition) is 6. The van der Waals surface area contributed by atoms with E-state index in [1.54, 1.807) is 48.7 Å². The Morgan fingerprint density at radius 1 is 0.970 bits per heavy atom. The SMILES string of the molecule is O=C(NCc1ccc2c(c1)OCO2)c1ccc(Nc2ccnc(-c3cccc(F)c3)n2)cc1. The van der Waals surface area contributed by atoms with Gasteiger partial charge in [-0.25, -0.2) is 14.4 Å². The summed E-state index contributed by atoms with van der Waals surface area (Å²) in [6.45, 7) is 0.589. The van der Waals surface area contributed by atoms with Crippen LogP contribution in [0.2, 0.25) is 0 Å². The number of rotatable bonds is 6. The standard InChI is InChI=1S/C25H19FN4O3/c26-19-3-1-2-18(13-19)24-27-11-10-23(30-24)29-20-7-5-17(6-8-20)25(31)28-14-16-4-9-21-22(12-16)33-15-32-21/h1-13H,14-15H2,(H,28,31)(H,27,29,30). The van der Waals surface area contributed by atoms with E-state index in [9.17, 15) is 9.18 Å². The molecule has 1 amide bonds. The molecule has 3 aromatic carbocycles. The number of benzene rings is 3. The van der Waals surface area contributed by atoms with Gasteiger partial charge in [0.15, 0.2) is 17.3 Å². The van der Waals surface area contributed by atoms with Crippen LogP contribution in [0.15, 0.2) is 79.0 Å². The third-order valence-electron chi connectivity index (χ3n) is 5.05. The minimum atomic E-state index is -0.346. The van der Waals surface area contributed by atoms with Crippen molar-refractivity contribution in [2.75, 3.05) is 12.1 Å². The van der Waals surface area contributed by atoms with Crippen molar-refractivity contribution in [3.05, 3.63) is 95.9 Å². The zero-order valence-electron chi connectivity index (χ0n) is 17.4. The average Bonchev–Trinajstić information content (AvgIpc) is 3.31. The van der Waals surface area contributed by atoms with Gasteiger partial charge in [-0.2, -0.15) is 0 Å². The quantitative estimate of drug-likeness (QED) is 0.451. The molecule has 0 radical (unpaired) electrons. The Labute approximate surface area is 189 Å². The molecular weight excluding hydrogens is 423 g/mol. The molecule has 7 nitrogen and oxygen atoms in total. The number of halogens is 1. The number of nitrogens with zero attached hydrogens (tertiary/aromatic N) is 2. The summed E-state index contributed by atoms with van der Waals surface area (Å²) in [6, 6.07) is 20.5. The van der Waals surface area contributed by atoms with E-state index in [0.717, 1.165) is 11.3 Å². The van der Waals surface area contributed by atoms with Gasteiger partial charge in [0, 0.05) is 29.6 Å². The van der Waals surface area contributed by atoms with Crippen LogP contribution in [0.25, 0.3) is 11.4 Å². The maximum atomic E-state index is 13.5. The summed E-state index contributed by atoms with van der Waals surface area (Å²) in [4.78, 5) is 21.2. The predicted octanol–water partition coefficient (Wildman–Crippen LogP) is 4.69. The molecule has 0 fully saturated rings. The van der Waals surface area contributed by atoms with Crippen molar-refractivity contribution in [2.24, 2.45) is 0 Å². The largest absolute Gasteiger partial charge is 0.454 e. The van der Waals surface area contributed by atoms with E-state index in [0.29, 0.717) is 40.8 Å². The second-order valence-corrected chi connectivity index (χ2v) is 7.35. The van der Waals surface area contributed by atoms with E-state index >= 15 is 0 Å². The number of nitrogens with one attached hydrogen (secondary N) is 2. The first kappa shape index (κ1) is 20.4. The van der Waals surface area contributed by atoms with Gasteiger partial charge < -0.3 is 20.1 Å². The second kappa shape index (κ2) is 8.96. The maximum Gasteiger partial charge on any atom is 0.251 e. The number of fused-ring (bicyclic) bond motifs is 1. The molecule has 0 spiro atoms. The minimum Gasteiger partial charge on any atom is -0.454 e. The number of carbonyl (C=O) groups is 1. The monoisotopic (exact) mass is 442 g/mol. The predicted molar refractivity (Wildman–Crippen MR) is 121 cm³/mol. The Balaban J connectivity index is 1.21. The smallest absolute Gasteiger partial charge is 0.251 e. The van der Waals surface area contributed by atoms with Crippen LogP contribution in [0.1, 0.15) is 15.9 Å². The summed E-state index contributed by atoms with van der Waals surface area (Å²) < 4.78 is 24.2. The molecule has 2 heterocycles. The van der Waals surface area contributed by atoms with Gasteiger partial charge in [0.1, 0.15) is 11.6 Å². The molecule has 1 aliphatic heterocycles. The van der Waals surface area contributed by atoms with Crippen LogP contribution in [-0.4, -0.2) is 22.7 Å². The van der Waals surface area contributed by atoms with E-state index in [1.807, 2.05) is 18.2 Å². The summed E-state index contributed by atoms with van der Waals surface area (Å²) in [5, 5.41) is 6.07. The van der Waals surface area contributed by atoms with Crippen molar-refractivity contribution in [3.8, 4) is 22.9 Å². The highest BCUT2D eigenvalue weighted by molar-refractivity contribution is 5.94. The lowest BCUT2D eigenvalue weighted by Crippen LogP contribution is -2.22. The fourth-order valence-electron chi connectivity index (χ4n) is 3.38. The van der Waals surface area contributed by atoms with Crippen molar-refractivity contribution in [2.45, 2.75) is 6.54 Å². The fraction of sp³-hybridized carbons (Fsp3) is 0.0800. The number of carbonyl (C=O) groups excluding carboxylic acids is 1. The van der Waals surface area contributed by atoms with Gasteiger partial charge in [0.05, 0.1) is 0 Å². The first-order chi connectivity index (χ1) is 16.1. The van der Waals surface area contributed by atoms with Crippen molar-refractivity contribution in [1.29, 1.82) is 0 Å². The Morgan fingerprint density at radius 3 is 2.67 bits per heavy atom. The molecular formula is C25H19FN4O3. The summed E-state index contributed by atoms with van der Waals surface area (Å²) in [5.41, 5.74) is 2.80. The van der Waals surface area contributed by atoms with Crippen LogP contribution in [-0.2, 0) is 6.54 Å². The molecule has 0 aliphatic carbocycles. The zero-order valence-corrected chi connectivity index (χ0v) is 17.4. The number of aromatic nitrogens is 2. The molecule has 1 aliphatic rings. The van der Waals surface area contributed by atoms with E-state index in [1.165, 1.54) is 12.1 Å². The van der Waals surface area contributed by atoms with E-state index in [2.05, 4.69) is 20.6 Å². The number of hydrogen-bond donors (Lipinski definition) is 2. The number of ether oxygens (including phenoxy) is 2. The lowest BCUT2D eigenvalue weighted by atomic mass is 10.1. The average molecular weight is 442 g/mol. The summed E-state index contributed by atoms with van der Waals surface area (Å²) in [5.74, 6) is 1.84. The highest BCUT2D eigenvalue weighted by Crippen LogP contribution is 2.32. The van der Waals surface area contributed by atoms with Crippen molar-refractivity contribution >= 4 is 17.4 Å². The molecule has 164 valence electrons. The molecule has 0 unspecified atom stereocenters. The Morgan fingerprint density at radius 2 is 1.82 bits per heavy atom. The van der Waals surface area contributed by atoms with Crippen LogP contribution >= 0.6 is 0 Å². The molecule has 0 saturated carbocycles. The third kappa shape index (κ3) is 4.74. The molecule has 0 atom stereocenters. The number of anilines is 2. The number of amides is 1. The molecule has 8 heteroatoms. The first-order valence-corrected chi connectivity index (χ1v) is 10.3. The van der Waals surface area contributed by atoms with Crippen molar-refractivity contribution in [3.63, 3.8) is 0 Å². The fourth-order valence-corrected chi connectivity index (χ4v) is 3.38. The van der Waals surface area contributed by atoms with E-state index in [4.69, 9.17) is 9.47 Å². The highest BCUT2D eigenvalue weighted by Gasteiger charge is 2.14. The third-order valence-corrected chi connectivity index (χ3v) is 5.05. The first-order valence-electron chi connectivity index (χ1n) is 10.3. The lowest BCUT2D eigenvalue weighted by Gasteiger charge is -2.09. The van der Waals surface area contributed by atoms with Gasteiger partial charge in [0.2, 0.25) is 6.79 Å². The van der Waals surface area contributed by atoms with Crippen LogP contribution in [0.3, 0.4) is 0 Å². The van der Waals surface area contributed by atoms with Crippen molar-refractivity contribution in [1.82, 2.24) is 15.3 Å². The highest BCUT2D eigenvalue weighted by atomic mass is 19.1. The van der Waals surface area contributed by atoms with Crippen LogP contribution in [0, 0.1) is 5.82 Å². The van der Waals surface area contributed by atoms with Crippen LogP contribution in [0.5, 0.6) is 11.5 Å². The van der Waals surface area contributed by atoms with Gasteiger partial charge >= 0.3 is 0 Å². The molecule has 33 heavy (non-hydrogen) atoms. The molecule has 4 aromatic rings. The van der Waals surface area contributed by atoms with Gasteiger partial charge in [-0.15, -0.1) is 0 Å². The molecule has 0 saturated heterocycles. The van der Waals surface area contributed by atoms with Gasteiger partial charge in [0.25, 0.3) is 5.91 Å². The topological polar surface area (TPSA) is 85.4 Å². The Bertz CT molecular complexity index is 1310. The molecule has 1 aromatic heterocycles. The van der Waals surface area contributed by atoms with Gasteiger partial charge in [-0.3, -0.25) is 4.79 Å². The minimum absolute atomic E-state index is 0.186. The maximum absolute atomic E-state index is 13.5. The van der Waals surface area contributed by atoms with Gasteiger partial charge in [-0.05, 0) is 60.2 Å². The molecule has 0 bridgehead atoms. The van der Waals surface area contributed by atoms with Gasteiger partial charge in [-0.1, -0.05) is 18.2 Å². The summed E-state index contributed by atoms with van der Waals surface area (Å²) in [6.07, 6.45) is 1.60. The molecule has 5 rings (SSSR count). The normalized spacial score (nSPS) is 11.8. The summed E-state index contributed by atoms with van der Waals surface area (Å²) in [7, 11) is 0. The van der Waals surface area contributed by atoms with E-state index in [-0.39, 0.29) is 18.5 Å². The molecule has 2 N–H and O–H groups in total. The van der Waals surface area contributed by atoms with E-state index < -0.39 is 0 Å². The summed E-state index contributed by atoms with van der Waals surface area (Å²) >= 11 is 0. The lowest BCUT2D eigenvalue weighted by molar-refractivity contribution is 0.0951.